The Morgan fingerprint density at radius 2 is 1.68 bits per heavy atom. The molecule has 0 aliphatic heterocycles. The van der Waals surface area contributed by atoms with Crippen LogP contribution in [0.2, 0.25) is 0 Å². The van der Waals surface area contributed by atoms with Crippen LogP contribution in [0.4, 0.5) is 0 Å². The smallest absolute Gasteiger partial charge is 0.272 e. The third kappa shape index (κ3) is 6.66. The molecule has 2 aromatic rings. The van der Waals surface area contributed by atoms with Gasteiger partial charge in [0.25, 0.3) is 15.9 Å². The number of amides is 1. The van der Waals surface area contributed by atoms with E-state index in [1.807, 2.05) is 10.9 Å². The highest BCUT2D eigenvalue weighted by atomic mass is 32.2. The molecule has 2 rings (SSSR count). The molecule has 0 unspecified atom stereocenters. The van der Waals surface area contributed by atoms with Crippen LogP contribution < -0.4 is 19.7 Å². The summed E-state index contributed by atoms with van der Waals surface area (Å²) in [5.41, 5.74) is 2.80. The quantitative estimate of drug-likeness (QED) is 0.697. The molecule has 0 aliphatic carbocycles. The Bertz CT molecular complexity index is 818. The molecular formula is C17H18N2O5S. The monoisotopic (exact) mass is 362 g/mol. The molecule has 0 fully saturated rings. The van der Waals surface area contributed by atoms with E-state index >= 15 is 0 Å². The lowest BCUT2D eigenvalue weighted by molar-refractivity contribution is -0.123. The summed E-state index contributed by atoms with van der Waals surface area (Å²) < 4.78 is 33.8. The molecule has 0 aliphatic rings. The molecule has 0 heterocycles. The zero-order chi connectivity index (χ0) is 18.1. The van der Waals surface area contributed by atoms with E-state index in [9.17, 15) is 13.2 Å². The second-order valence-corrected chi connectivity index (χ2v) is 6.44. The van der Waals surface area contributed by atoms with Gasteiger partial charge in [-0.15, -0.1) is 4.83 Å². The number of methoxy groups -OCH3 is 1. The molecular weight excluding hydrogens is 344 g/mol. The average molecular weight is 362 g/mol. The van der Waals surface area contributed by atoms with Gasteiger partial charge in [0.05, 0.1) is 7.11 Å². The van der Waals surface area contributed by atoms with Crippen LogP contribution in [0.25, 0.3) is 6.08 Å². The fourth-order valence-corrected chi connectivity index (χ4v) is 2.41. The zero-order valence-electron chi connectivity index (χ0n) is 13.5. The number of rotatable bonds is 8. The van der Waals surface area contributed by atoms with Crippen molar-refractivity contribution in [2.45, 2.75) is 0 Å². The number of ether oxygens (including phenoxy) is 2. The lowest BCUT2D eigenvalue weighted by Crippen LogP contribution is -2.42. The fourth-order valence-electron chi connectivity index (χ4n) is 1.75. The Labute approximate surface area is 146 Å². The highest BCUT2D eigenvalue weighted by molar-refractivity contribution is 7.92. The molecule has 2 aromatic carbocycles. The van der Waals surface area contributed by atoms with Crippen molar-refractivity contribution in [2.24, 2.45) is 0 Å². The topological polar surface area (TPSA) is 93.7 Å². The highest BCUT2D eigenvalue weighted by Crippen LogP contribution is 2.16. The summed E-state index contributed by atoms with van der Waals surface area (Å²) in [6, 6.07) is 15.6. The first-order chi connectivity index (χ1) is 12.0. The van der Waals surface area contributed by atoms with E-state index in [1.54, 1.807) is 55.6 Å². The molecule has 0 bridgehead atoms. The van der Waals surface area contributed by atoms with Gasteiger partial charge in [0.15, 0.2) is 6.61 Å². The van der Waals surface area contributed by atoms with Gasteiger partial charge in [0.2, 0.25) is 0 Å². The van der Waals surface area contributed by atoms with E-state index in [0.29, 0.717) is 11.5 Å². The minimum Gasteiger partial charge on any atom is -0.497 e. The standard InChI is InChI=1S/C17H18N2O5S/c1-23-15-7-9-16(10-8-15)24-13-17(20)18-19-25(21,22)12-11-14-5-3-2-4-6-14/h2-12,19H,13H2,1H3,(H,18,20)/b12-11+. The summed E-state index contributed by atoms with van der Waals surface area (Å²) in [5, 5.41) is 0.965. The van der Waals surface area contributed by atoms with E-state index in [0.717, 1.165) is 11.0 Å². The number of hydrogen-bond acceptors (Lipinski definition) is 5. The van der Waals surface area contributed by atoms with E-state index in [2.05, 4.69) is 5.43 Å². The molecule has 8 heteroatoms. The minimum atomic E-state index is -3.80. The summed E-state index contributed by atoms with van der Waals surface area (Å²) in [4.78, 5) is 13.6. The molecule has 25 heavy (non-hydrogen) atoms. The first-order valence-electron chi connectivity index (χ1n) is 7.29. The number of carbonyl (C=O) groups is 1. The molecule has 0 aromatic heterocycles. The predicted octanol–water partition coefficient (Wildman–Crippen LogP) is 1.70. The summed E-state index contributed by atoms with van der Waals surface area (Å²) in [5.74, 6) is 0.491. The Hall–Kier alpha value is -2.84. The minimum absolute atomic E-state index is 0.336. The Balaban J connectivity index is 1.79. The van der Waals surface area contributed by atoms with Gasteiger partial charge >= 0.3 is 0 Å². The maximum Gasteiger partial charge on any atom is 0.272 e. The van der Waals surface area contributed by atoms with Crippen molar-refractivity contribution in [3.8, 4) is 11.5 Å². The average Bonchev–Trinajstić information content (AvgIpc) is 2.64. The van der Waals surface area contributed by atoms with Gasteiger partial charge in [-0.25, -0.2) is 8.42 Å². The van der Waals surface area contributed by atoms with Gasteiger partial charge in [0, 0.05) is 5.41 Å². The van der Waals surface area contributed by atoms with Crippen LogP contribution in [0.1, 0.15) is 5.56 Å². The maximum absolute atomic E-state index is 11.8. The first kappa shape index (κ1) is 18.5. The number of carbonyl (C=O) groups excluding carboxylic acids is 1. The van der Waals surface area contributed by atoms with E-state index in [4.69, 9.17) is 9.47 Å². The van der Waals surface area contributed by atoms with Crippen molar-refractivity contribution in [1.29, 1.82) is 0 Å². The lowest BCUT2D eigenvalue weighted by Gasteiger charge is -2.08. The molecule has 2 N–H and O–H groups in total. The van der Waals surface area contributed by atoms with E-state index in [1.165, 1.54) is 6.08 Å². The van der Waals surface area contributed by atoms with Crippen LogP contribution in [-0.2, 0) is 14.8 Å². The van der Waals surface area contributed by atoms with Gasteiger partial charge in [0.1, 0.15) is 11.5 Å². The van der Waals surface area contributed by atoms with Gasteiger partial charge in [-0.05, 0) is 35.9 Å². The summed E-state index contributed by atoms with van der Waals surface area (Å²) in [6.07, 6.45) is 1.42. The third-order valence-electron chi connectivity index (χ3n) is 3.00. The molecule has 1 amide bonds. The van der Waals surface area contributed by atoms with Gasteiger partial charge in [-0.3, -0.25) is 10.2 Å². The van der Waals surface area contributed by atoms with Crippen LogP contribution in [0.15, 0.2) is 60.0 Å². The Morgan fingerprint density at radius 3 is 2.32 bits per heavy atom. The predicted molar refractivity (Wildman–Crippen MR) is 94.2 cm³/mol. The number of benzene rings is 2. The molecule has 7 nitrogen and oxygen atoms in total. The normalized spacial score (nSPS) is 11.2. The Morgan fingerprint density at radius 1 is 1.04 bits per heavy atom. The van der Waals surface area contributed by atoms with Crippen LogP contribution in [0.3, 0.4) is 0 Å². The summed E-state index contributed by atoms with van der Waals surface area (Å²) >= 11 is 0. The second kappa shape index (κ2) is 8.86. The molecule has 0 atom stereocenters. The van der Waals surface area contributed by atoms with E-state index in [-0.39, 0.29) is 6.61 Å². The van der Waals surface area contributed by atoms with Crippen molar-refractivity contribution in [3.05, 3.63) is 65.6 Å². The van der Waals surface area contributed by atoms with E-state index < -0.39 is 15.9 Å². The first-order valence-corrected chi connectivity index (χ1v) is 8.84. The molecule has 0 saturated heterocycles. The van der Waals surface area contributed by atoms with Gasteiger partial charge in [-0.1, -0.05) is 30.3 Å². The number of hydrogen-bond donors (Lipinski definition) is 2. The van der Waals surface area contributed by atoms with Crippen LogP contribution in [0.5, 0.6) is 11.5 Å². The second-order valence-electron chi connectivity index (χ2n) is 4.87. The van der Waals surface area contributed by atoms with Crippen molar-refractivity contribution in [3.63, 3.8) is 0 Å². The molecule has 0 saturated carbocycles. The SMILES string of the molecule is COc1ccc(OCC(=O)NNS(=O)(=O)/C=C/c2ccccc2)cc1. The highest BCUT2D eigenvalue weighted by Gasteiger charge is 2.08. The van der Waals surface area contributed by atoms with Crippen molar-refractivity contribution in [2.75, 3.05) is 13.7 Å². The van der Waals surface area contributed by atoms with Crippen LogP contribution in [0, 0.1) is 0 Å². The fraction of sp³-hybridized carbons (Fsp3) is 0.118. The van der Waals surface area contributed by atoms with Gasteiger partial charge < -0.3 is 9.47 Å². The van der Waals surface area contributed by atoms with Crippen molar-refractivity contribution in [1.82, 2.24) is 10.3 Å². The number of nitrogens with one attached hydrogen (secondary N) is 2. The molecule has 0 spiro atoms. The van der Waals surface area contributed by atoms with Crippen molar-refractivity contribution >= 4 is 22.0 Å². The summed E-state index contributed by atoms with van der Waals surface area (Å²) in [6.45, 7) is -0.336. The largest absolute Gasteiger partial charge is 0.497 e. The maximum atomic E-state index is 11.8. The lowest BCUT2D eigenvalue weighted by atomic mass is 10.2. The van der Waals surface area contributed by atoms with Crippen LogP contribution in [-0.4, -0.2) is 28.0 Å². The van der Waals surface area contributed by atoms with Crippen molar-refractivity contribution < 1.29 is 22.7 Å². The summed E-state index contributed by atoms with van der Waals surface area (Å²) in [7, 11) is -2.26. The Kier molecular flexibility index (Phi) is 6.55. The molecule has 132 valence electrons. The number of sulfonamides is 1. The van der Waals surface area contributed by atoms with Gasteiger partial charge in [-0.2, -0.15) is 0 Å². The zero-order valence-corrected chi connectivity index (χ0v) is 14.3. The number of hydrazine groups is 1. The third-order valence-corrected chi connectivity index (χ3v) is 3.88. The van der Waals surface area contributed by atoms with Crippen LogP contribution >= 0.6 is 0 Å². The molecule has 0 radical (unpaired) electrons.